The SMILES string of the molecule is CCC(C)N(C)CCNC(=O)CNC(C)C. The Balaban J connectivity index is 3.54. The number of carbonyl (C=O) groups is 1. The minimum absolute atomic E-state index is 0.0752. The summed E-state index contributed by atoms with van der Waals surface area (Å²) in [5.74, 6) is 0.0752. The summed E-state index contributed by atoms with van der Waals surface area (Å²) in [6.07, 6.45) is 1.14. The molecule has 0 spiro atoms. The van der Waals surface area contributed by atoms with Crippen molar-refractivity contribution in [3.8, 4) is 0 Å². The molecule has 96 valence electrons. The van der Waals surface area contributed by atoms with Crippen molar-refractivity contribution in [3.05, 3.63) is 0 Å². The summed E-state index contributed by atoms with van der Waals surface area (Å²) >= 11 is 0. The van der Waals surface area contributed by atoms with Crippen LogP contribution < -0.4 is 10.6 Å². The van der Waals surface area contributed by atoms with Gasteiger partial charge in [-0.15, -0.1) is 0 Å². The molecule has 4 nitrogen and oxygen atoms in total. The molecule has 0 aromatic rings. The molecule has 0 aromatic heterocycles. The predicted octanol–water partition coefficient (Wildman–Crippen LogP) is 0.831. The molecule has 0 radical (unpaired) electrons. The van der Waals surface area contributed by atoms with Gasteiger partial charge in [-0.3, -0.25) is 4.79 Å². The molecule has 0 saturated carbocycles. The van der Waals surface area contributed by atoms with Gasteiger partial charge in [0.05, 0.1) is 6.54 Å². The summed E-state index contributed by atoms with van der Waals surface area (Å²) < 4.78 is 0. The van der Waals surface area contributed by atoms with Crippen LogP contribution >= 0.6 is 0 Å². The first kappa shape index (κ1) is 15.4. The van der Waals surface area contributed by atoms with Crippen molar-refractivity contribution < 1.29 is 4.79 Å². The van der Waals surface area contributed by atoms with Gasteiger partial charge in [-0.1, -0.05) is 20.8 Å². The van der Waals surface area contributed by atoms with E-state index in [1.165, 1.54) is 0 Å². The van der Waals surface area contributed by atoms with E-state index >= 15 is 0 Å². The molecular weight excluding hydrogens is 202 g/mol. The number of amides is 1. The Hall–Kier alpha value is -0.610. The fraction of sp³-hybridized carbons (Fsp3) is 0.917. The Bertz CT molecular complexity index is 195. The molecule has 2 N–H and O–H groups in total. The minimum atomic E-state index is 0.0752. The number of nitrogens with one attached hydrogen (secondary N) is 2. The van der Waals surface area contributed by atoms with Crippen LogP contribution in [0.5, 0.6) is 0 Å². The lowest BCUT2D eigenvalue weighted by Gasteiger charge is -2.23. The van der Waals surface area contributed by atoms with Crippen molar-refractivity contribution in [2.24, 2.45) is 0 Å². The zero-order valence-corrected chi connectivity index (χ0v) is 11.3. The number of hydrogen-bond acceptors (Lipinski definition) is 3. The molecule has 4 heteroatoms. The van der Waals surface area contributed by atoms with Crippen molar-refractivity contribution >= 4 is 5.91 Å². The summed E-state index contributed by atoms with van der Waals surface area (Å²) in [4.78, 5) is 13.6. The van der Waals surface area contributed by atoms with Crippen LogP contribution in [0.2, 0.25) is 0 Å². The monoisotopic (exact) mass is 229 g/mol. The molecule has 0 bridgehead atoms. The van der Waals surface area contributed by atoms with Crippen LogP contribution in [0.1, 0.15) is 34.1 Å². The second-order valence-corrected chi connectivity index (χ2v) is 4.62. The molecule has 0 rings (SSSR count). The minimum Gasteiger partial charge on any atom is -0.354 e. The standard InChI is InChI=1S/C12H27N3O/c1-6-11(4)15(5)8-7-13-12(16)9-14-10(2)3/h10-11,14H,6-9H2,1-5H3,(H,13,16). The van der Waals surface area contributed by atoms with Crippen molar-refractivity contribution in [1.82, 2.24) is 15.5 Å². The van der Waals surface area contributed by atoms with Gasteiger partial charge in [0.25, 0.3) is 0 Å². The summed E-state index contributed by atoms with van der Waals surface area (Å²) in [7, 11) is 2.09. The van der Waals surface area contributed by atoms with Crippen molar-refractivity contribution in [3.63, 3.8) is 0 Å². The first-order chi connectivity index (χ1) is 7.47. The van der Waals surface area contributed by atoms with Crippen molar-refractivity contribution in [2.45, 2.75) is 46.2 Å². The molecule has 0 aliphatic heterocycles. The van der Waals surface area contributed by atoms with Crippen LogP contribution in [0.4, 0.5) is 0 Å². The Labute approximate surface area is 99.8 Å². The average Bonchev–Trinajstić information content (AvgIpc) is 2.24. The second kappa shape index (κ2) is 8.53. The van der Waals surface area contributed by atoms with Crippen LogP contribution in [0.3, 0.4) is 0 Å². The molecule has 1 amide bonds. The highest BCUT2D eigenvalue weighted by Crippen LogP contribution is 1.97. The van der Waals surface area contributed by atoms with E-state index < -0.39 is 0 Å². The first-order valence-corrected chi connectivity index (χ1v) is 6.17. The van der Waals surface area contributed by atoms with Crippen molar-refractivity contribution in [2.75, 3.05) is 26.7 Å². The number of carbonyl (C=O) groups excluding carboxylic acids is 1. The zero-order valence-electron chi connectivity index (χ0n) is 11.3. The van der Waals surface area contributed by atoms with Gasteiger partial charge in [-0.05, 0) is 20.4 Å². The lowest BCUT2D eigenvalue weighted by Crippen LogP contribution is -2.41. The predicted molar refractivity (Wildman–Crippen MR) is 68.5 cm³/mol. The highest BCUT2D eigenvalue weighted by atomic mass is 16.1. The molecule has 0 aliphatic rings. The van der Waals surface area contributed by atoms with Gasteiger partial charge < -0.3 is 15.5 Å². The van der Waals surface area contributed by atoms with Gasteiger partial charge in [-0.25, -0.2) is 0 Å². The van der Waals surface area contributed by atoms with Crippen LogP contribution in [0, 0.1) is 0 Å². The van der Waals surface area contributed by atoms with Gasteiger partial charge in [-0.2, -0.15) is 0 Å². The Morgan fingerprint density at radius 2 is 1.94 bits per heavy atom. The Kier molecular flexibility index (Phi) is 8.21. The summed E-state index contributed by atoms with van der Waals surface area (Å²) in [5.41, 5.74) is 0. The fourth-order valence-corrected chi connectivity index (χ4v) is 1.26. The van der Waals surface area contributed by atoms with Gasteiger partial charge in [0.1, 0.15) is 0 Å². The van der Waals surface area contributed by atoms with Gasteiger partial charge in [0.2, 0.25) is 5.91 Å². The van der Waals surface area contributed by atoms with Gasteiger partial charge >= 0.3 is 0 Å². The van der Waals surface area contributed by atoms with E-state index in [4.69, 9.17) is 0 Å². The van der Waals surface area contributed by atoms with Gasteiger partial charge in [0, 0.05) is 25.2 Å². The smallest absolute Gasteiger partial charge is 0.234 e. The summed E-state index contributed by atoms with van der Waals surface area (Å²) in [6.45, 7) is 10.5. The van der Waals surface area contributed by atoms with Crippen LogP contribution in [0.15, 0.2) is 0 Å². The molecule has 0 saturated heterocycles. The molecule has 16 heavy (non-hydrogen) atoms. The first-order valence-electron chi connectivity index (χ1n) is 6.17. The molecule has 0 aromatic carbocycles. The lowest BCUT2D eigenvalue weighted by molar-refractivity contribution is -0.120. The Morgan fingerprint density at radius 3 is 2.44 bits per heavy atom. The van der Waals surface area contributed by atoms with Crippen LogP contribution in [0.25, 0.3) is 0 Å². The summed E-state index contributed by atoms with van der Waals surface area (Å²) in [6, 6.07) is 0.930. The summed E-state index contributed by atoms with van der Waals surface area (Å²) in [5, 5.41) is 6.00. The molecule has 1 atom stereocenters. The highest BCUT2D eigenvalue weighted by molar-refractivity contribution is 5.77. The maximum Gasteiger partial charge on any atom is 0.234 e. The van der Waals surface area contributed by atoms with Crippen LogP contribution in [-0.4, -0.2) is 49.6 Å². The molecule has 0 fully saturated rings. The number of nitrogens with zero attached hydrogens (tertiary/aromatic N) is 1. The maximum absolute atomic E-state index is 11.4. The largest absolute Gasteiger partial charge is 0.354 e. The normalized spacial score (nSPS) is 13.2. The quantitative estimate of drug-likeness (QED) is 0.648. The second-order valence-electron chi connectivity index (χ2n) is 4.62. The highest BCUT2D eigenvalue weighted by Gasteiger charge is 2.06. The molecule has 0 aliphatic carbocycles. The molecule has 0 heterocycles. The maximum atomic E-state index is 11.4. The van der Waals surface area contributed by atoms with Crippen LogP contribution in [-0.2, 0) is 4.79 Å². The van der Waals surface area contributed by atoms with E-state index in [1.807, 2.05) is 13.8 Å². The van der Waals surface area contributed by atoms with Gasteiger partial charge in [0.15, 0.2) is 0 Å². The number of rotatable bonds is 8. The van der Waals surface area contributed by atoms with E-state index in [0.717, 1.165) is 19.5 Å². The van der Waals surface area contributed by atoms with E-state index in [9.17, 15) is 4.79 Å². The van der Waals surface area contributed by atoms with E-state index in [-0.39, 0.29) is 5.91 Å². The van der Waals surface area contributed by atoms with E-state index in [2.05, 4.69) is 36.4 Å². The molecule has 1 unspecified atom stereocenters. The number of likely N-dealkylation sites (N-methyl/N-ethyl adjacent to an activating group) is 1. The third-order valence-electron chi connectivity index (χ3n) is 2.80. The third-order valence-corrected chi connectivity index (χ3v) is 2.80. The number of hydrogen-bond donors (Lipinski definition) is 2. The zero-order chi connectivity index (χ0) is 12.6. The third kappa shape index (κ3) is 7.65. The topological polar surface area (TPSA) is 44.4 Å². The average molecular weight is 229 g/mol. The lowest BCUT2D eigenvalue weighted by atomic mass is 10.2. The molecular formula is C12H27N3O. The fourth-order valence-electron chi connectivity index (χ4n) is 1.26. The van der Waals surface area contributed by atoms with E-state index in [0.29, 0.717) is 18.6 Å². The Morgan fingerprint density at radius 1 is 1.31 bits per heavy atom. The van der Waals surface area contributed by atoms with E-state index in [1.54, 1.807) is 0 Å². The van der Waals surface area contributed by atoms with Crippen molar-refractivity contribution in [1.29, 1.82) is 0 Å².